The Hall–Kier alpha value is -0.280. The minimum Gasteiger partial charge on any atom is -0.329 e. The molecule has 1 aromatic rings. The summed E-state index contributed by atoms with van der Waals surface area (Å²) in [5, 5.41) is 1.39. The van der Waals surface area contributed by atoms with Gasteiger partial charge in [0.05, 0.1) is 0 Å². The molecule has 1 aliphatic carbocycles. The van der Waals surface area contributed by atoms with E-state index >= 15 is 0 Å². The summed E-state index contributed by atoms with van der Waals surface area (Å²) in [6.45, 7) is 3.77. The Balaban J connectivity index is 2.26. The van der Waals surface area contributed by atoms with Gasteiger partial charge in [-0.05, 0) is 37.1 Å². The van der Waals surface area contributed by atoms with E-state index in [-0.39, 0.29) is 6.04 Å². The number of halogens is 2. The summed E-state index contributed by atoms with van der Waals surface area (Å²) in [5.74, 6) is 0. The first-order chi connectivity index (χ1) is 8.17. The van der Waals surface area contributed by atoms with Crippen molar-refractivity contribution in [2.75, 3.05) is 13.1 Å². The molecule has 0 aliphatic heterocycles. The predicted octanol–water partition coefficient (Wildman–Crippen LogP) is 3.48. The standard InChI is InChI=1S/C13H18Cl2N2/c1-2-17(10-4-5-10)13(8-16)11-6-3-9(14)7-12(11)15/h3,6-7,10,13H,2,4-5,8,16H2,1H3. The van der Waals surface area contributed by atoms with Crippen LogP contribution in [0.2, 0.25) is 10.0 Å². The molecule has 0 bridgehead atoms. The smallest absolute Gasteiger partial charge is 0.0488 e. The number of rotatable bonds is 5. The van der Waals surface area contributed by atoms with E-state index < -0.39 is 0 Å². The van der Waals surface area contributed by atoms with Crippen LogP contribution in [0, 0.1) is 0 Å². The molecule has 1 aromatic carbocycles. The van der Waals surface area contributed by atoms with Crippen molar-refractivity contribution in [1.29, 1.82) is 0 Å². The molecule has 4 heteroatoms. The topological polar surface area (TPSA) is 29.3 Å². The van der Waals surface area contributed by atoms with Gasteiger partial charge in [-0.1, -0.05) is 36.2 Å². The average molecular weight is 273 g/mol. The molecule has 0 amide bonds. The average Bonchev–Trinajstić information content (AvgIpc) is 3.11. The van der Waals surface area contributed by atoms with E-state index in [1.54, 1.807) is 6.07 Å². The van der Waals surface area contributed by atoms with E-state index in [1.807, 2.05) is 12.1 Å². The Morgan fingerprint density at radius 3 is 2.59 bits per heavy atom. The first kappa shape index (κ1) is 13.2. The Morgan fingerprint density at radius 2 is 2.12 bits per heavy atom. The van der Waals surface area contributed by atoms with Gasteiger partial charge in [0, 0.05) is 28.7 Å². The van der Waals surface area contributed by atoms with Crippen LogP contribution in [0.4, 0.5) is 0 Å². The van der Waals surface area contributed by atoms with Gasteiger partial charge in [-0.15, -0.1) is 0 Å². The van der Waals surface area contributed by atoms with Gasteiger partial charge in [-0.3, -0.25) is 4.90 Å². The molecular weight excluding hydrogens is 255 g/mol. The maximum absolute atomic E-state index is 6.26. The van der Waals surface area contributed by atoms with Crippen molar-refractivity contribution < 1.29 is 0 Å². The van der Waals surface area contributed by atoms with Crippen LogP contribution in [0.25, 0.3) is 0 Å². The lowest BCUT2D eigenvalue weighted by molar-refractivity contribution is 0.202. The normalized spacial score (nSPS) is 17.5. The number of hydrogen-bond acceptors (Lipinski definition) is 2. The van der Waals surface area contributed by atoms with Gasteiger partial charge in [0.2, 0.25) is 0 Å². The van der Waals surface area contributed by atoms with Crippen molar-refractivity contribution in [1.82, 2.24) is 4.90 Å². The van der Waals surface area contributed by atoms with Crippen LogP contribution < -0.4 is 5.73 Å². The summed E-state index contributed by atoms with van der Waals surface area (Å²) in [6, 6.07) is 6.55. The molecule has 0 spiro atoms. The van der Waals surface area contributed by atoms with Crippen LogP contribution in [0.5, 0.6) is 0 Å². The number of benzene rings is 1. The number of nitrogens with zero attached hydrogens (tertiary/aromatic N) is 1. The van der Waals surface area contributed by atoms with Gasteiger partial charge >= 0.3 is 0 Å². The van der Waals surface area contributed by atoms with Crippen LogP contribution in [0.1, 0.15) is 31.4 Å². The SMILES string of the molecule is CCN(C1CC1)C(CN)c1ccc(Cl)cc1Cl. The minimum atomic E-state index is 0.206. The molecule has 2 nitrogen and oxygen atoms in total. The molecule has 1 unspecified atom stereocenters. The fraction of sp³-hybridized carbons (Fsp3) is 0.538. The molecule has 0 saturated heterocycles. The third-order valence-corrected chi connectivity index (χ3v) is 3.89. The second kappa shape index (κ2) is 5.57. The van der Waals surface area contributed by atoms with Crippen LogP contribution in [0.3, 0.4) is 0 Å². The molecule has 1 saturated carbocycles. The summed E-state index contributed by atoms with van der Waals surface area (Å²) in [7, 11) is 0. The highest BCUT2D eigenvalue weighted by atomic mass is 35.5. The largest absolute Gasteiger partial charge is 0.329 e. The van der Waals surface area contributed by atoms with E-state index in [9.17, 15) is 0 Å². The fourth-order valence-corrected chi connectivity index (χ4v) is 2.89. The zero-order chi connectivity index (χ0) is 12.4. The summed E-state index contributed by atoms with van der Waals surface area (Å²) in [4.78, 5) is 2.44. The highest BCUT2D eigenvalue weighted by molar-refractivity contribution is 6.35. The number of nitrogens with two attached hydrogens (primary N) is 1. The van der Waals surface area contributed by atoms with E-state index in [0.717, 1.165) is 12.1 Å². The highest BCUT2D eigenvalue weighted by Crippen LogP contribution is 2.36. The summed E-state index contributed by atoms with van der Waals surface area (Å²) in [6.07, 6.45) is 2.55. The summed E-state index contributed by atoms with van der Waals surface area (Å²) >= 11 is 12.2. The molecule has 1 aliphatic rings. The van der Waals surface area contributed by atoms with Crippen molar-refractivity contribution in [3.63, 3.8) is 0 Å². The second-order valence-electron chi connectivity index (χ2n) is 4.48. The van der Waals surface area contributed by atoms with Gasteiger partial charge in [0.25, 0.3) is 0 Å². The van der Waals surface area contributed by atoms with E-state index in [4.69, 9.17) is 28.9 Å². The first-order valence-corrected chi connectivity index (χ1v) is 6.83. The molecule has 0 heterocycles. The van der Waals surface area contributed by atoms with Crippen molar-refractivity contribution in [2.24, 2.45) is 5.73 Å². The fourth-order valence-electron chi connectivity index (χ4n) is 2.35. The van der Waals surface area contributed by atoms with E-state index in [2.05, 4.69) is 11.8 Å². The van der Waals surface area contributed by atoms with Gasteiger partial charge in [0.15, 0.2) is 0 Å². The van der Waals surface area contributed by atoms with Crippen LogP contribution in [-0.4, -0.2) is 24.0 Å². The zero-order valence-electron chi connectivity index (χ0n) is 10.00. The van der Waals surface area contributed by atoms with Crippen LogP contribution in [-0.2, 0) is 0 Å². The third kappa shape index (κ3) is 2.94. The molecule has 0 radical (unpaired) electrons. The quantitative estimate of drug-likeness (QED) is 0.890. The lowest BCUT2D eigenvalue weighted by Crippen LogP contribution is -2.35. The predicted molar refractivity (Wildman–Crippen MR) is 73.7 cm³/mol. The molecule has 1 fully saturated rings. The molecule has 1 atom stereocenters. The lowest BCUT2D eigenvalue weighted by Gasteiger charge is -2.30. The van der Waals surface area contributed by atoms with Gasteiger partial charge in [-0.25, -0.2) is 0 Å². The van der Waals surface area contributed by atoms with E-state index in [1.165, 1.54) is 12.8 Å². The number of hydrogen-bond donors (Lipinski definition) is 1. The Bertz CT molecular complexity index is 391. The Labute approximate surface area is 113 Å². The third-order valence-electron chi connectivity index (χ3n) is 3.33. The molecular formula is C13H18Cl2N2. The second-order valence-corrected chi connectivity index (χ2v) is 5.32. The number of likely N-dealkylation sites (N-methyl/N-ethyl adjacent to an activating group) is 1. The van der Waals surface area contributed by atoms with Gasteiger partial charge in [0.1, 0.15) is 0 Å². The van der Waals surface area contributed by atoms with Crippen molar-refractivity contribution in [3.8, 4) is 0 Å². The highest BCUT2D eigenvalue weighted by Gasteiger charge is 2.33. The van der Waals surface area contributed by atoms with E-state index in [0.29, 0.717) is 22.6 Å². The Kier molecular flexibility index (Phi) is 4.31. The molecule has 94 valence electrons. The summed E-state index contributed by atoms with van der Waals surface area (Å²) in [5.41, 5.74) is 7.01. The van der Waals surface area contributed by atoms with Gasteiger partial charge < -0.3 is 5.73 Å². The molecule has 2 N–H and O–H groups in total. The maximum Gasteiger partial charge on any atom is 0.0488 e. The van der Waals surface area contributed by atoms with Crippen molar-refractivity contribution in [2.45, 2.75) is 31.8 Å². The molecule has 0 aromatic heterocycles. The minimum absolute atomic E-state index is 0.206. The maximum atomic E-state index is 6.26. The van der Waals surface area contributed by atoms with Crippen molar-refractivity contribution >= 4 is 23.2 Å². The van der Waals surface area contributed by atoms with Crippen LogP contribution >= 0.6 is 23.2 Å². The molecule has 2 rings (SSSR count). The summed E-state index contributed by atoms with van der Waals surface area (Å²) < 4.78 is 0. The van der Waals surface area contributed by atoms with Crippen LogP contribution in [0.15, 0.2) is 18.2 Å². The van der Waals surface area contributed by atoms with Crippen molar-refractivity contribution in [3.05, 3.63) is 33.8 Å². The molecule has 17 heavy (non-hydrogen) atoms. The first-order valence-electron chi connectivity index (χ1n) is 6.08. The zero-order valence-corrected chi connectivity index (χ0v) is 11.5. The Morgan fingerprint density at radius 1 is 1.41 bits per heavy atom. The van der Waals surface area contributed by atoms with Gasteiger partial charge in [-0.2, -0.15) is 0 Å². The lowest BCUT2D eigenvalue weighted by atomic mass is 10.0. The monoisotopic (exact) mass is 272 g/mol.